The van der Waals surface area contributed by atoms with Crippen molar-refractivity contribution in [3.63, 3.8) is 0 Å². The van der Waals surface area contributed by atoms with Gasteiger partial charge in [-0.1, -0.05) is 6.07 Å². The molecule has 0 bridgehead atoms. The van der Waals surface area contributed by atoms with Gasteiger partial charge in [0, 0.05) is 26.1 Å². The summed E-state index contributed by atoms with van der Waals surface area (Å²) in [5.41, 5.74) is 1.28. The molecule has 0 radical (unpaired) electrons. The van der Waals surface area contributed by atoms with Crippen molar-refractivity contribution in [2.24, 2.45) is 0 Å². The molecule has 1 heterocycles. The minimum absolute atomic E-state index is 0.828. The molecule has 0 atom stereocenters. The molecule has 0 spiro atoms. The fraction of sp³-hybridized carbons (Fsp3) is 0.444. The van der Waals surface area contributed by atoms with Crippen LogP contribution < -0.4 is 0 Å². The Bertz CT molecular complexity index is 186. The van der Waals surface area contributed by atoms with Crippen molar-refractivity contribution in [1.29, 1.82) is 0 Å². The highest BCUT2D eigenvalue weighted by atomic mass is 16.5. The largest absolute Gasteiger partial charge is 0.385 e. The zero-order chi connectivity index (χ0) is 7.94. The lowest BCUT2D eigenvalue weighted by Gasteiger charge is -1.98. The van der Waals surface area contributed by atoms with Crippen molar-refractivity contribution >= 4 is 0 Å². The molecule has 0 N–H and O–H groups in total. The van der Waals surface area contributed by atoms with Gasteiger partial charge in [0.2, 0.25) is 0 Å². The number of rotatable bonds is 4. The van der Waals surface area contributed by atoms with Crippen molar-refractivity contribution in [1.82, 2.24) is 4.98 Å². The molecule has 2 nitrogen and oxygen atoms in total. The third kappa shape index (κ3) is 3.14. The fourth-order valence-electron chi connectivity index (χ4n) is 0.967. The molecule has 1 aromatic rings. The van der Waals surface area contributed by atoms with E-state index in [2.05, 4.69) is 11.1 Å². The van der Waals surface area contributed by atoms with Crippen molar-refractivity contribution in [2.75, 3.05) is 13.7 Å². The van der Waals surface area contributed by atoms with Crippen LogP contribution in [0.5, 0.6) is 0 Å². The van der Waals surface area contributed by atoms with E-state index in [9.17, 15) is 0 Å². The van der Waals surface area contributed by atoms with E-state index < -0.39 is 0 Å². The first-order valence-corrected chi connectivity index (χ1v) is 3.81. The molecule has 0 unspecified atom stereocenters. The molecule has 0 amide bonds. The maximum atomic E-state index is 4.94. The highest BCUT2D eigenvalue weighted by Gasteiger charge is 1.90. The Morgan fingerprint density at radius 2 is 2.45 bits per heavy atom. The maximum Gasteiger partial charge on any atom is 0.0465 e. The molecule has 60 valence electrons. The van der Waals surface area contributed by atoms with Crippen LogP contribution in [0.1, 0.15) is 12.0 Å². The average Bonchev–Trinajstić information content (AvgIpc) is 2.07. The van der Waals surface area contributed by atoms with Crippen molar-refractivity contribution in [3.05, 3.63) is 30.1 Å². The normalized spacial score (nSPS) is 9.91. The molecule has 0 saturated heterocycles. The zero-order valence-corrected chi connectivity index (χ0v) is 6.79. The number of aryl methyl sites for hydroxylation is 1. The van der Waals surface area contributed by atoms with E-state index in [1.165, 1.54) is 5.56 Å². The van der Waals surface area contributed by atoms with Crippen molar-refractivity contribution in [3.8, 4) is 0 Å². The Hall–Kier alpha value is -0.890. The van der Waals surface area contributed by atoms with Gasteiger partial charge >= 0.3 is 0 Å². The van der Waals surface area contributed by atoms with E-state index in [0.717, 1.165) is 19.4 Å². The molecule has 1 rings (SSSR count). The van der Waals surface area contributed by atoms with Gasteiger partial charge in [0.15, 0.2) is 0 Å². The number of aromatic nitrogens is 1. The Balaban J connectivity index is 2.28. The lowest BCUT2D eigenvalue weighted by molar-refractivity contribution is 0.195. The number of pyridine rings is 1. The third-order valence-corrected chi connectivity index (χ3v) is 1.54. The summed E-state index contributed by atoms with van der Waals surface area (Å²) in [7, 11) is 1.73. The van der Waals surface area contributed by atoms with E-state index in [-0.39, 0.29) is 0 Å². The van der Waals surface area contributed by atoms with Crippen LogP contribution in [0.2, 0.25) is 0 Å². The fourth-order valence-corrected chi connectivity index (χ4v) is 0.967. The first kappa shape index (κ1) is 8.21. The first-order valence-electron chi connectivity index (χ1n) is 3.81. The van der Waals surface area contributed by atoms with Gasteiger partial charge in [-0.15, -0.1) is 0 Å². The molecule has 0 aliphatic heterocycles. The summed E-state index contributed by atoms with van der Waals surface area (Å²) in [5, 5.41) is 0. The number of nitrogens with zero attached hydrogens (tertiary/aromatic N) is 1. The summed E-state index contributed by atoms with van der Waals surface area (Å²) < 4.78 is 4.94. The lowest BCUT2D eigenvalue weighted by Crippen LogP contribution is -1.92. The van der Waals surface area contributed by atoms with Crippen LogP contribution in [0, 0.1) is 0 Å². The van der Waals surface area contributed by atoms with Gasteiger partial charge in [-0.05, 0) is 24.5 Å². The van der Waals surface area contributed by atoms with Crippen LogP contribution in [0.3, 0.4) is 0 Å². The number of hydrogen-bond acceptors (Lipinski definition) is 2. The van der Waals surface area contributed by atoms with Gasteiger partial charge in [-0.3, -0.25) is 4.98 Å². The van der Waals surface area contributed by atoms with Crippen LogP contribution in [0.15, 0.2) is 24.5 Å². The maximum absolute atomic E-state index is 4.94. The second-order valence-electron chi connectivity index (χ2n) is 2.46. The monoisotopic (exact) mass is 151 g/mol. The van der Waals surface area contributed by atoms with Crippen LogP contribution in [0.25, 0.3) is 0 Å². The highest BCUT2D eigenvalue weighted by molar-refractivity contribution is 5.08. The van der Waals surface area contributed by atoms with E-state index in [1.54, 1.807) is 13.3 Å². The Labute approximate surface area is 67.2 Å². The molecular weight excluding hydrogens is 138 g/mol. The third-order valence-electron chi connectivity index (χ3n) is 1.54. The van der Waals surface area contributed by atoms with Gasteiger partial charge < -0.3 is 4.74 Å². The summed E-state index contributed by atoms with van der Waals surface area (Å²) in [6.45, 7) is 0.828. The number of ether oxygens (including phenoxy) is 1. The number of hydrogen-bond donors (Lipinski definition) is 0. The van der Waals surface area contributed by atoms with E-state index in [0.29, 0.717) is 0 Å². The smallest absolute Gasteiger partial charge is 0.0465 e. The molecule has 0 aliphatic carbocycles. The second-order valence-corrected chi connectivity index (χ2v) is 2.46. The predicted octanol–water partition coefficient (Wildman–Crippen LogP) is 1.66. The Morgan fingerprint density at radius 3 is 3.09 bits per heavy atom. The van der Waals surface area contributed by atoms with E-state index >= 15 is 0 Å². The van der Waals surface area contributed by atoms with E-state index in [1.807, 2.05) is 12.3 Å². The van der Waals surface area contributed by atoms with Gasteiger partial charge in [0.05, 0.1) is 0 Å². The summed E-state index contributed by atoms with van der Waals surface area (Å²) in [4.78, 5) is 4.02. The average molecular weight is 151 g/mol. The Kier molecular flexibility index (Phi) is 3.62. The van der Waals surface area contributed by atoms with Crippen LogP contribution in [-0.4, -0.2) is 18.7 Å². The lowest BCUT2D eigenvalue weighted by atomic mass is 10.2. The minimum Gasteiger partial charge on any atom is -0.385 e. The van der Waals surface area contributed by atoms with Gasteiger partial charge in [-0.25, -0.2) is 0 Å². The van der Waals surface area contributed by atoms with Crippen molar-refractivity contribution in [2.45, 2.75) is 12.8 Å². The van der Waals surface area contributed by atoms with Crippen LogP contribution >= 0.6 is 0 Å². The molecule has 2 heteroatoms. The minimum atomic E-state index is 0.828. The summed E-state index contributed by atoms with van der Waals surface area (Å²) in [6.07, 6.45) is 5.82. The topological polar surface area (TPSA) is 22.1 Å². The molecule has 0 saturated carbocycles. The predicted molar refractivity (Wildman–Crippen MR) is 44.4 cm³/mol. The summed E-state index contributed by atoms with van der Waals surface area (Å²) in [6, 6.07) is 4.05. The zero-order valence-electron chi connectivity index (χ0n) is 6.79. The molecular formula is C9H13NO. The first-order chi connectivity index (χ1) is 5.43. The standard InChI is InChI=1S/C9H13NO/c1-11-7-3-5-9-4-2-6-10-8-9/h2,4,6,8H,3,5,7H2,1H3. The quantitative estimate of drug-likeness (QED) is 0.610. The van der Waals surface area contributed by atoms with Crippen molar-refractivity contribution < 1.29 is 4.74 Å². The summed E-state index contributed by atoms with van der Waals surface area (Å²) >= 11 is 0. The van der Waals surface area contributed by atoms with Crippen LogP contribution in [-0.2, 0) is 11.2 Å². The number of methoxy groups -OCH3 is 1. The molecule has 0 aromatic carbocycles. The van der Waals surface area contributed by atoms with Crippen LogP contribution in [0.4, 0.5) is 0 Å². The van der Waals surface area contributed by atoms with Gasteiger partial charge in [0.1, 0.15) is 0 Å². The molecule has 0 fully saturated rings. The van der Waals surface area contributed by atoms with Gasteiger partial charge in [-0.2, -0.15) is 0 Å². The van der Waals surface area contributed by atoms with Gasteiger partial charge in [0.25, 0.3) is 0 Å². The molecule has 11 heavy (non-hydrogen) atoms. The summed E-state index contributed by atoms with van der Waals surface area (Å²) in [5.74, 6) is 0. The highest BCUT2D eigenvalue weighted by Crippen LogP contribution is 1.99. The van der Waals surface area contributed by atoms with E-state index in [4.69, 9.17) is 4.74 Å². The SMILES string of the molecule is COCCCc1cccnc1. The molecule has 0 aliphatic rings. The Morgan fingerprint density at radius 1 is 1.55 bits per heavy atom. The molecule has 1 aromatic heterocycles. The second kappa shape index (κ2) is 4.85.